The largest absolute Gasteiger partial charge is 0.435 e. The molecule has 1 amide bonds. The summed E-state index contributed by atoms with van der Waals surface area (Å²) in [5.74, 6) is -0.236. The third kappa shape index (κ3) is 4.78. The molecule has 1 fully saturated rings. The van der Waals surface area contributed by atoms with Gasteiger partial charge in [0.1, 0.15) is 5.69 Å². The summed E-state index contributed by atoms with van der Waals surface area (Å²) in [6.07, 6.45) is 7.10. The number of halogens is 3. The summed E-state index contributed by atoms with van der Waals surface area (Å²) in [6, 6.07) is 4.88. The Labute approximate surface area is 177 Å². The number of carbonyl (C=O) groups excluding carboxylic acids is 1. The van der Waals surface area contributed by atoms with E-state index in [1.807, 2.05) is 10.9 Å². The Bertz CT molecular complexity index is 1070. The van der Waals surface area contributed by atoms with Crippen LogP contribution in [0.4, 0.5) is 13.2 Å². The standard InChI is InChI=1S/C15H17N3.C6H6F3N3O/c1-2-4-14-12(3-1)10-18(17-14)13-7-8-16-15(9-13)11-5-6-11;1-12-3(5(10)13)2-4(11-12)6(7,8)9/h7-11H,1-6H2;2H,1H3,(H2,10,13). The van der Waals surface area contributed by atoms with E-state index >= 15 is 0 Å². The molecule has 0 aromatic carbocycles. The lowest BCUT2D eigenvalue weighted by atomic mass is 9.99. The number of alkyl halides is 3. The molecule has 164 valence electrons. The number of pyridine rings is 1. The molecule has 0 bridgehead atoms. The molecular weight excluding hydrogens is 409 g/mol. The van der Waals surface area contributed by atoms with Crippen LogP contribution in [0.5, 0.6) is 0 Å². The average Bonchev–Trinajstić information content (AvgIpc) is 3.35. The lowest BCUT2D eigenvalue weighted by molar-refractivity contribution is -0.141. The van der Waals surface area contributed by atoms with Gasteiger partial charge < -0.3 is 5.73 Å². The van der Waals surface area contributed by atoms with Gasteiger partial charge in [0.2, 0.25) is 0 Å². The number of rotatable bonds is 3. The van der Waals surface area contributed by atoms with Crippen LogP contribution in [0.1, 0.15) is 64.7 Å². The lowest BCUT2D eigenvalue weighted by Crippen LogP contribution is -2.15. The molecule has 31 heavy (non-hydrogen) atoms. The lowest BCUT2D eigenvalue weighted by Gasteiger charge is -2.06. The normalized spacial score (nSPS) is 15.7. The SMILES string of the molecule is Cn1nc(C(F)(F)F)cc1C(N)=O.c1cc(-n2cc3c(n2)CCCC3)cc(C2CC2)n1. The molecule has 1 saturated carbocycles. The number of carbonyl (C=O) groups is 1. The van der Waals surface area contributed by atoms with Gasteiger partial charge >= 0.3 is 6.18 Å². The minimum Gasteiger partial charge on any atom is -0.364 e. The quantitative estimate of drug-likeness (QED) is 0.685. The zero-order valence-corrected chi connectivity index (χ0v) is 17.1. The van der Waals surface area contributed by atoms with Crippen LogP contribution in [0.2, 0.25) is 0 Å². The van der Waals surface area contributed by atoms with Crippen molar-refractivity contribution in [2.24, 2.45) is 12.8 Å². The van der Waals surface area contributed by atoms with Crippen molar-refractivity contribution >= 4 is 5.91 Å². The maximum atomic E-state index is 12.0. The van der Waals surface area contributed by atoms with Crippen molar-refractivity contribution in [3.63, 3.8) is 0 Å². The van der Waals surface area contributed by atoms with E-state index in [4.69, 9.17) is 10.8 Å². The van der Waals surface area contributed by atoms with Gasteiger partial charge in [0.15, 0.2) is 5.69 Å². The van der Waals surface area contributed by atoms with Gasteiger partial charge in [-0.25, -0.2) is 4.68 Å². The van der Waals surface area contributed by atoms with E-state index in [-0.39, 0.29) is 5.69 Å². The molecule has 3 heterocycles. The molecule has 2 aliphatic carbocycles. The van der Waals surface area contributed by atoms with Crippen LogP contribution < -0.4 is 5.73 Å². The van der Waals surface area contributed by atoms with E-state index in [1.165, 1.54) is 61.8 Å². The molecule has 0 saturated heterocycles. The molecule has 2 N–H and O–H groups in total. The molecule has 3 aromatic heterocycles. The number of nitrogens with two attached hydrogens (primary N) is 1. The summed E-state index contributed by atoms with van der Waals surface area (Å²) in [7, 11) is 1.22. The van der Waals surface area contributed by atoms with Gasteiger partial charge in [-0.05, 0) is 56.2 Å². The molecule has 0 radical (unpaired) electrons. The monoisotopic (exact) mass is 432 g/mol. The van der Waals surface area contributed by atoms with Crippen LogP contribution in [-0.2, 0) is 26.1 Å². The van der Waals surface area contributed by atoms with Gasteiger partial charge in [-0.1, -0.05) is 0 Å². The molecule has 2 aliphatic rings. The highest BCUT2D eigenvalue weighted by molar-refractivity contribution is 5.91. The summed E-state index contributed by atoms with van der Waals surface area (Å²) in [6.45, 7) is 0. The van der Waals surface area contributed by atoms with Gasteiger partial charge in [-0.15, -0.1) is 0 Å². The van der Waals surface area contributed by atoms with Crippen LogP contribution in [0.25, 0.3) is 5.69 Å². The number of fused-ring (bicyclic) bond motifs is 1. The third-order valence-electron chi connectivity index (χ3n) is 5.43. The van der Waals surface area contributed by atoms with Crippen LogP contribution in [0, 0.1) is 0 Å². The van der Waals surface area contributed by atoms with Gasteiger partial charge in [-0.2, -0.15) is 23.4 Å². The minimum atomic E-state index is -4.55. The zero-order chi connectivity index (χ0) is 22.2. The third-order valence-corrected chi connectivity index (χ3v) is 5.43. The predicted molar refractivity (Wildman–Crippen MR) is 107 cm³/mol. The molecule has 0 aliphatic heterocycles. The topological polar surface area (TPSA) is 91.6 Å². The van der Waals surface area contributed by atoms with E-state index in [1.54, 1.807) is 0 Å². The Balaban J connectivity index is 0.000000159. The summed E-state index contributed by atoms with van der Waals surface area (Å²) < 4.78 is 38.9. The highest BCUT2D eigenvalue weighted by atomic mass is 19.4. The first-order valence-electron chi connectivity index (χ1n) is 10.2. The second-order valence-corrected chi connectivity index (χ2v) is 7.87. The van der Waals surface area contributed by atoms with Crippen molar-refractivity contribution < 1.29 is 18.0 Å². The van der Waals surface area contributed by atoms with Crippen LogP contribution >= 0.6 is 0 Å². The van der Waals surface area contributed by atoms with E-state index in [0.717, 1.165) is 11.1 Å². The Morgan fingerprint density at radius 3 is 2.48 bits per heavy atom. The molecule has 0 unspecified atom stereocenters. The van der Waals surface area contributed by atoms with Crippen molar-refractivity contribution in [1.29, 1.82) is 0 Å². The maximum absolute atomic E-state index is 12.0. The van der Waals surface area contributed by atoms with E-state index in [0.29, 0.717) is 12.0 Å². The maximum Gasteiger partial charge on any atom is 0.435 e. The molecule has 10 heteroatoms. The van der Waals surface area contributed by atoms with Crippen LogP contribution in [0.15, 0.2) is 30.6 Å². The Kier molecular flexibility index (Phi) is 5.55. The van der Waals surface area contributed by atoms with Gasteiger partial charge in [-0.3, -0.25) is 14.5 Å². The second-order valence-electron chi connectivity index (χ2n) is 7.87. The number of nitrogens with zero attached hydrogens (tertiary/aromatic N) is 5. The van der Waals surface area contributed by atoms with Crippen molar-refractivity contribution in [1.82, 2.24) is 24.5 Å². The Morgan fingerprint density at radius 2 is 1.90 bits per heavy atom. The summed E-state index contributed by atoms with van der Waals surface area (Å²) in [4.78, 5) is 15.0. The fourth-order valence-electron chi connectivity index (χ4n) is 3.62. The predicted octanol–water partition coefficient (Wildman–Crippen LogP) is 3.56. The molecule has 7 nitrogen and oxygen atoms in total. The number of aryl methyl sites for hydroxylation is 3. The minimum absolute atomic E-state index is 0.271. The first-order chi connectivity index (χ1) is 14.7. The second kappa shape index (κ2) is 8.16. The Hall–Kier alpha value is -3.17. The van der Waals surface area contributed by atoms with Crippen LogP contribution in [-0.4, -0.2) is 30.5 Å². The first-order valence-corrected chi connectivity index (χ1v) is 10.2. The number of aromatic nitrogens is 5. The van der Waals surface area contributed by atoms with E-state index in [9.17, 15) is 18.0 Å². The Morgan fingerprint density at radius 1 is 1.16 bits per heavy atom. The molecule has 0 atom stereocenters. The molecule has 5 rings (SSSR count). The highest BCUT2D eigenvalue weighted by Gasteiger charge is 2.35. The number of primary amides is 1. The molecule has 0 spiro atoms. The molecular formula is C21H23F3N6O. The fraction of sp³-hybridized carbons (Fsp3) is 0.429. The van der Waals surface area contributed by atoms with Crippen molar-refractivity contribution in [2.45, 2.75) is 50.6 Å². The zero-order valence-electron chi connectivity index (χ0n) is 17.1. The number of hydrogen-bond donors (Lipinski definition) is 1. The van der Waals surface area contributed by atoms with E-state index in [2.05, 4.69) is 28.4 Å². The van der Waals surface area contributed by atoms with Crippen molar-refractivity contribution in [3.05, 3.63) is 58.9 Å². The van der Waals surface area contributed by atoms with Crippen LogP contribution in [0.3, 0.4) is 0 Å². The van der Waals surface area contributed by atoms with Gasteiger partial charge in [0.25, 0.3) is 5.91 Å². The van der Waals surface area contributed by atoms with Gasteiger partial charge in [0, 0.05) is 37.1 Å². The first kappa shape index (κ1) is 21.1. The van der Waals surface area contributed by atoms with E-state index < -0.39 is 17.8 Å². The van der Waals surface area contributed by atoms with Crippen molar-refractivity contribution in [3.8, 4) is 5.69 Å². The average molecular weight is 432 g/mol. The van der Waals surface area contributed by atoms with Gasteiger partial charge in [0.05, 0.1) is 11.4 Å². The number of hydrogen-bond acceptors (Lipinski definition) is 4. The van der Waals surface area contributed by atoms with Crippen molar-refractivity contribution in [2.75, 3.05) is 0 Å². The summed E-state index contributed by atoms with van der Waals surface area (Å²) >= 11 is 0. The number of amides is 1. The molecule has 3 aromatic rings. The smallest absolute Gasteiger partial charge is 0.364 e. The highest BCUT2D eigenvalue weighted by Crippen LogP contribution is 2.39. The summed E-state index contributed by atoms with van der Waals surface area (Å²) in [5, 5.41) is 7.82. The fourth-order valence-corrected chi connectivity index (χ4v) is 3.62. The summed E-state index contributed by atoms with van der Waals surface area (Å²) in [5.41, 5.74) is 8.55.